The number of carbonyl (C=O) groups excluding carboxylic acids is 1. The summed E-state index contributed by atoms with van der Waals surface area (Å²) >= 11 is 3.49. The lowest BCUT2D eigenvalue weighted by Crippen LogP contribution is -2.05. The Kier molecular flexibility index (Phi) is 4.49. The van der Waals surface area contributed by atoms with Crippen LogP contribution in [0.15, 0.2) is 65.1 Å². The van der Waals surface area contributed by atoms with Crippen molar-refractivity contribution in [3.05, 3.63) is 76.4 Å². The lowest BCUT2D eigenvalue weighted by Gasteiger charge is -2.08. The Labute approximate surface area is 164 Å². The van der Waals surface area contributed by atoms with Crippen LogP contribution < -0.4 is 0 Å². The minimum Gasteiger partial charge on any atom is -0.465 e. The van der Waals surface area contributed by atoms with Crippen molar-refractivity contribution in [1.29, 1.82) is 0 Å². The number of pyridine rings is 1. The number of ether oxygens (including phenoxy) is 1. The maximum Gasteiger partial charge on any atom is 0.338 e. The summed E-state index contributed by atoms with van der Waals surface area (Å²) in [7, 11) is 1.38. The van der Waals surface area contributed by atoms with Crippen molar-refractivity contribution in [2.24, 2.45) is 0 Å². The number of nitrogens with zero attached hydrogens (tertiary/aromatic N) is 3. The second-order valence-corrected chi connectivity index (χ2v) is 7.00. The number of hydrogen-bond donors (Lipinski definition) is 0. The molecule has 0 N–H and O–H groups in total. The Morgan fingerprint density at radius 3 is 2.56 bits per heavy atom. The van der Waals surface area contributed by atoms with Gasteiger partial charge in [-0.25, -0.2) is 14.5 Å². The maximum atomic E-state index is 12.5. The predicted octanol–water partition coefficient (Wildman–Crippen LogP) is 4.95. The van der Waals surface area contributed by atoms with Crippen molar-refractivity contribution in [3.63, 3.8) is 0 Å². The van der Waals surface area contributed by atoms with E-state index in [0.717, 1.165) is 21.4 Å². The number of halogens is 1. The molecule has 134 valence electrons. The zero-order chi connectivity index (χ0) is 19.0. The largest absolute Gasteiger partial charge is 0.465 e. The van der Waals surface area contributed by atoms with E-state index >= 15 is 0 Å². The van der Waals surface area contributed by atoms with Crippen LogP contribution in [-0.4, -0.2) is 27.8 Å². The van der Waals surface area contributed by atoms with Gasteiger partial charge in [0.05, 0.1) is 35.1 Å². The highest BCUT2D eigenvalue weighted by atomic mass is 79.9. The van der Waals surface area contributed by atoms with Crippen molar-refractivity contribution in [2.45, 2.75) is 6.92 Å². The molecule has 2 aromatic carbocycles. The number of methoxy groups -OCH3 is 1. The number of para-hydroxylation sites is 1. The van der Waals surface area contributed by atoms with Crippen molar-refractivity contribution in [3.8, 4) is 16.9 Å². The van der Waals surface area contributed by atoms with Crippen LogP contribution in [0.5, 0.6) is 0 Å². The van der Waals surface area contributed by atoms with Crippen LogP contribution in [-0.2, 0) is 4.74 Å². The third-order valence-corrected chi connectivity index (χ3v) is 4.83. The molecule has 0 unspecified atom stereocenters. The molecule has 6 heteroatoms. The third kappa shape index (κ3) is 3.13. The van der Waals surface area contributed by atoms with Gasteiger partial charge in [0.15, 0.2) is 5.65 Å². The van der Waals surface area contributed by atoms with Crippen LogP contribution >= 0.6 is 15.9 Å². The van der Waals surface area contributed by atoms with E-state index < -0.39 is 5.97 Å². The summed E-state index contributed by atoms with van der Waals surface area (Å²) in [5, 5.41) is 5.33. The molecule has 0 aliphatic heterocycles. The first kappa shape index (κ1) is 17.4. The second kappa shape index (κ2) is 6.96. The number of aromatic nitrogens is 3. The molecule has 5 nitrogen and oxygen atoms in total. The average Bonchev–Trinajstić information content (AvgIpc) is 3.04. The minimum absolute atomic E-state index is 0.408. The van der Waals surface area contributed by atoms with E-state index in [1.807, 2.05) is 61.5 Å². The molecule has 0 bridgehead atoms. The van der Waals surface area contributed by atoms with Crippen LogP contribution in [0.2, 0.25) is 0 Å². The summed E-state index contributed by atoms with van der Waals surface area (Å²) < 4.78 is 7.72. The molecule has 4 aromatic rings. The predicted molar refractivity (Wildman–Crippen MR) is 108 cm³/mol. The van der Waals surface area contributed by atoms with Crippen molar-refractivity contribution < 1.29 is 9.53 Å². The van der Waals surface area contributed by atoms with E-state index in [9.17, 15) is 4.79 Å². The van der Waals surface area contributed by atoms with Gasteiger partial charge in [0.25, 0.3) is 0 Å². The van der Waals surface area contributed by atoms with Crippen molar-refractivity contribution in [2.75, 3.05) is 7.11 Å². The first-order valence-electron chi connectivity index (χ1n) is 8.38. The van der Waals surface area contributed by atoms with E-state index in [1.165, 1.54) is 7.11 Å². The minimum atomic E-state index is -0.408. The summed E-state index contributed by atoms with van der Waals surface area (Å²) in [6, 6.07) is 19.3. The zero-order valence-electron chi connectivity index (χ0n) is 14.8. The highest BCUT2D eigenvalue weighted by molar-refractivity contribution is 9.10. The number of carbonyl (C=O) groups is 1. The number of aryl methyl sites for hydroxylation is 1. The SMILES string of the molecule is COC(=O)c1cc(-c2cccc(Br)c2)nc2c1c(C)nn2-c1ccccc1. The number of hydrogen-bond acceptors (Lipinski definition) is 4. The lowest BCUT2D eigenvalue weighted by atomic mass is 10.1. The summed E-state index contributed by atoms with van der Waals surface area (Å²) in [5.41, 5.74) is 4.26. The second-order valence-electron chi connectivity index (χ2n) is 6.09. The van der Waals surface area contributed by atoms with Gasteiger partial charge in [0.1, 0.15) is 0 Å². The molecule has 2 aromatic heterocycles. The first-order chi connectivity index (χ1) is 13.1. The summed E-state index contributed by atoms with van der Waals surface area (Å²) in [4.78, 5) is 17.3. The standard InChI is InChI=1S/C21H16BrN3O2/c1-13-19-17(21(26)27-2)12-18(14-7-6-8-15(22)11-14)23-20(19)25(24-13)16-9-4-3-5-10-16/h3-12H,1-2H3. The Balaban J connectivity index is 2.06. The number of esters is 1. The van der Waals surface area contributed by atoms with Crippen LogP contribution in [0.25, 0.3) is 28.0 Å². The van der Waals surface area contributed by atoms with Crippen LogP contribution in [0.1, 0.15) is 16.1 Å². The van der Waals surface area contributed by atoms with Gasteiger partial charge in [-0.1, -0.05) is 46.3 Å². The highest BCUT2D eigenvalue weighted by Gasteiger charge is 2.21. The van der Waals surface area contributed by atoms with Gasteiger partial charge >= 0.3 is 5.97 Å². The lowest BCUT2D eigenvalue weighted by molar-refractivity contribution is 0.0603. The molecule has 0 radical (unpaired) electrons. The monoisotopic (exact) mass is 421 g/mol. The van der Waals surface area contributed by atoms with E-state index in [2.05, 4.69) is 21.0 Å². The van der Waals surface area contributed by atoms with Crippen LogP contribution in [0.4, 0.5) is 0 Å². The smallest absolute Gasteiger partial charge is 0.338 e. The molecule has 0 aliphatic rings. The van der Waals surface area contributed by atoms with Crippen molar-refractivity contribution >= 4 is 32.9 Å². The third-order valence-electron chi connectivity index (χ3n) is 4.34. The molecule has 0 amide bonds. The Bertz CT molecular complexity index is 1150. The molecule has 0 atom stereocenters. The summed E-state index contributed by atoms with van der Waals surface area (Å²) in [5.74, 6) is -0.408. The van der Waals surface area contributed by atoms with E-state index in [1.54, 1.807) is 10.7 Å². The fraction of sp³-hybridized carbons (Fsp3) is 0.0952. The Morgan fingerprint density at radius 1 is 1.07 bits per heavy atom. The van der Waals surface area contributed by atoms with Gasteiger partial charge in [-0.3, -0.25) is 0 Å². The number of fused-ring (bicyclic) bond motifs is 1. The first-order valence-corrected chi connectivity index (χ1v) is 9.18. The molecular weight excluding hydrogens is 406 g/mol. The van der Waals surface area contributed by atoms with Crippen molar-refractivity contribution in [1.82, 2.24) is 14.8 Å². The van der Waals surface area contributed by atoms with Gasteiger partial charge in [-0.2, -0.15) is 5.10 Å². The highest BCUT2D eigenvalue weighted by Crippen LogP contribution is 2.30. The normalized spacial score (nSPS) is 10.9. The molecule has 2 heterocycles. The van der Waals surface area contributed by atoms with Crippen LogP contribution in [0, 0.1) is 6.92 Å². The van der Waals surface area contributed by atoms with Crippen LogP contribution in [0.3, 0.4) is 0 Å². The number of benzene rings is 2. The zero-order valence-corrected chi connectivity index (χ0v) is 16.4. The van der Waals surface area contributed by atoms with E-state index in [4.69, 9.17) is 9.72 Å². The molecule has 4 rings (SSSR count). The average molecular weight is 422 g/mol. The van der Waals surface area contributed by atoms with Gasteiger partial charge < -0.3 is 4.74 Å². The maximum absolute atomic E-state index is 12.5. The van der Waals surface area contributed by atoms with E-state index in [0.29, 0.717) is 22.3 Å². The fourth-order valence-electron chi connectivity index (χ4n) is 3.10. The van der Waals surface area contributed by atoms with Gasteiger partial charge in [-0.05, 0) is 37.3 Å². The van der Waals surface area contributed by atoms with Gasteiger partial charge in [-0.15, -0.1) is 0 Å². The molecular formula is C21H16BrN3O2. The Hall–Kier alpha value is -2.99. The topological polar surface area (TPSA) is 57.0 Å². The molecule has 0 saturated carbocycles. The number of rotatable bonds is 3. The van der Waals surface area contributed by atoms with Gasteiger partial charge in [0, 0.05) is 10.0 Å². The molecule has 0 spiro atoms. The molecule has 0 aliphatic carbocycles. The summed E-state index contributed by atoms with van der Waals surface area (Å²) in [6.45, 7) is 1.87. The molecule has 27 heavy (non-hydrogen) atoms. The molecule has 0 fully saturated rings. The quantitative estimate of drug-likeness (QED) is 0.439. The molecule has 0 saturated heterocycles. The summed E-state index contributed by atoms with van der Waals surface area (Å²) in [6.07, 6.45) is 0. The fourth-order valence-corrected chi connectivity index (χ4v) is 3.50. The van der Waals surface area contributed by atoms with Gasteiger partial charge in [0.2, 0.25) is 0 Å². The Morgan fingerprint density at radius 2 is 1.85 bits per heavy atom. The van der Waals surface area contributed by atoms with E-state index in [-0.39, 0.29) is 0 Å².